The Bertz CT molecular complexity index is 971. The van der Waals surface area contributed by atoms with Gasteiger partial charge in [0, 0.05) is 23.4 Å². The Kier molecular flexibility index (Phi) is 4.79. The molecule has 0 aliphatic carbocycles. The molecule has 1 aliphatic heterocycles. The van der Waals surface area contributed by atoms with Crippen molar-refractivity contribution in [2.45, 2.75) is 33.2 Å². The first kappa shape index (κ1) is 17.9. The second kappa shape index (κ2) is 7.24. The number of nitrogens with one attached hydrogen (secondary N) is 1. The highest BCUT2D eigenvalue weighted by atomic mass is 32.1. The van der Waals surface area contributed by atoms with E-state index in [9.17, 15) is 9.59 Å². The van der Waals surface area contributed by atoms with Crippen molar-refractivity contribution in [3.8, 4) is 0 Å². The number of fused-ring (bicyclic) bond motifs is 1. The lowest BCUT2D eigenvalue weighted by atomic mass is 10.1. The smallest absolute Gasteiger partial charge is 0.267 e. The molecule has 1 aliphatic rings. The number of carbonyl (C=O) groups is 2. The van der Waals surface area contributed by atoms with E-state index < -0.39 is 0 Å². The molecule has 0 saturated carbocycles. The Morgan fingerprint density at radius 2 is 2.22 bits per heavy atom. The van der Waals surface area contributed by atoms with Gasteiger partial charge in [0.2, 0.25) is 5.91 Å². The number of anilines is 1. The molecule has 0 spiro atoms. The van der Waals surface area contributed by atoms with Gasteiger partial charge in [0.1, 0.15) is 5.76 Å². The lowest BCUT2D eigenvalue weighted by Gasteiger charge is -2.26. The first-order chi connectivity index (χ1) is 13.0. The molecule has 27 heavy (non-hydrogen) atoms. The van der Waals surface area contributed by atoms with Crippen LogP contribution in [0.1, 0.15) is 37.3 Å². The van der Waals surface area contributed by atoms with Crippen LogP contribution >= 0.6 is 22.7 Å². The summed E-state index contributed by atoms with van der Waals surface area (Å²) in [6.07, 6.45) is 0.978. The molecule has 0 unspecified atom stereocenters. The molecule has 1 N–H and O–H groups in total. The zero-order valence-electron chi connectivity index (χ0n) is 14.9. The summed E-state index contributed by atoms with van der Waals surface area (Å²) in [5.41, 5.74) is 2.58. The van der Waals surface area contributed by atoms with Gasteiger partial charge in [-0.3, -0.25) is 14.9 Å². The third kappa shape index (κ3) is 3.65. The van der Waals surface area contributed by atoms with Crippen LogP contribution in [0.4, 0.5) is 5.13 Å². The van der Waals surface area contributed by atoms with Crippen LogP contribution in [0.2, 0.25) is 0 Å². The summed E-state index contributed by atoms with van der Waals surface area (Å²) in [5.74, 6) is 0.588. The SMILES string of the molecule is Cc1noc(C)c1CC(=O)N1CCc2nc(NC(=O)c3cccs3)sc2C1. The van der Waals surface area contributed by atoms with E-state index in [1.807, 2.05) is 30.2 Å². The second-order valence-corrected chi connectivity index (χ2v) is 8.40. The molecule has 140 valence electrons. The maximum Gasteiger partial charge on any atom is 0.267 e. The average Bonchev–Trinajstić information content (AvgIpc) is 3.37. The van der Waals surface area contributed by atoms with Gasteiger partial charge in [-0.05, 0) is 25.3 Å². The van der Waals surface area contributed by atoms with Crippen LogP contribution in [-0.4, -0.2) is 33.4 Å². The summed E-state index contributed by atoms with van der Waals surface area (Å²) in [6.45, 7) is 4.81. The van der Waals surface area contributed by atoms with Crippen LogP contribution in [-0.2, 0) is 24.2 Å². The van der Waals surface area contributed by atoms with Crippen LogP contribution < -0.4 is 5.32 Å². The van der Waals surface area contributed by atoms with Crippen molar-refractivity contribution < 1.29 is 14.1 Å². The molecule has 3 aromatic heterocycles. The maximum atomic E-state index is 12.7. The molecule has 0 atom stereocenters. The first-order valence-electron chi connectivity index (χ1n) is 8.54. The van der Waals surface area contributed by atoms with E-state index in [1.165, 1.54) is 22.7 Å². The molecular weight excluding hydrogens is 384 g/mol. The Morgan fingerprint density at radius 1 is 1.37 bits per heavy atom. The zero-order valence-corrected chi connectivity index (χ0v) is 16.6. The lowest BCUT2D eigenvalue weighted by Crippen LogP contribution is -2.36. The van der Waals surface area contributed by atoms with E-state index in [0.717, 1.165) is 21.8 Å². The first-order valence-corrected chi connectivity index (χ1v) is 10.2. The highest BCUT2D eigenvalue weighted by Gasteiger charge is 2.26. The summed E-state index contributed by atoms with van der Waals surface area (Å²) in [5, 5.41) is 9.21. The number of carbonyl (C=O) groups excluding carboxylic acids is 2. The van der Waals surface area contributed by atoms with E-state index in [-0.39, 0.29) is 18.2 Å². The van der Waals surface area contributed by atoms with Crippen LogP contribution in [0.5, 0.6) is 0 Å². The van der Waals surface area contributed by atoms with Crippen molar-refractivity contribution in [3.05, 3.63) is 50.0 Å². The number of hydrogen-bond donors (Lipinski definition) is 1. The Labute approximate surface area is 164 Å². The van der Waals surface area contributed by atoms with Gasteiger partial charge in [0.15, 0.2) is 5.13 Å². The van der Waals surface area contributed by atoms with Crippen LogP contribution in [0.25, 0.3) is 0 Å². The average molecular weight is 403 g/mol. The van der Waals surface area contributed by atoms with Crippen LogP contribution in [0.15, 0.2) is 22.0 Å². The quantitative estimate of drug-likeness (QED) is 0.724. The second-order valence-electron chi connectivity index (χ2n) is 6.37. The van der Waals surface area contributed by atoms with E-state index in [2.05, 4.69) is 15.5 Å². The normalized spacial score (nSPS) is 13.5. The fourth-order valence-electron chi connectivity index (χ4n) is 3.05. The van der Waals surface area contributed by atoms with Crippen molar-refractivity contribution in [1.82, 2.24) is 15.0 Å². The van der Waals surface area contributed by atoms with Crippen molar-refractivity contribution in [3.63, 3.8) is 0 Å². The van der Waals surface area contributed by atoms with Crippen molar-refractivity contribution >= 4 is 39.6 Å². The van der Waals surface area contributed by atoms with Gasteiger partial charge in [-0.25, -0.2) is 4.98 Å². The van der Waals surface area contributed by atoms with E-state index in [1.54, 1.807) is 6.07 Å². The highest BCUT2D eigenvalue weighted by Crippen LogP contribution is 2.29. The maximum absolute atomic E-state index is 12.7. The van der Waals surface area contributed by atoms with E-state index in [4.69, 9.17) is 4.52 Å². The standard InChI is InChI=1S/C18H18N4O3S2/c1-10-12(11(2)25-21-10)8-16(23)22-6-5-13-15(9-22)27-18(19-13)20-17(24)14-4-3-7-26-14/h3-4,7H,5-6,8-9H2,1-2H3,(H,19,20,24). The molecular formula is C18H18N4O3S2. The minimum atomic E-state index is -0.151. The van der Waals surface area contributed by atoms with Gasteiger partial charge in [-0.1, -0.05) is 22.6 Å². The molecule has 4 heterocycles. The molecule has 0 saturated heterocycles. The van der Waals surface area contributed by atoms with Gasteiger partial charge >= 0.3 is 0 Å². The van der Waals surface area contributed by atoms with Gasteiger partial charge in [0.05, 0.1) is 29.2 Å². The molecule has 0 radical (unpaired) electrons. The monoisotopic (exact) mass is 402 g/mol. The molecule has 0 aromatic carbocycles. The molecule has 9 heteroatoms. The minimum Gasteiger partial charge on any atom is -0.361 e. The number of nitrogens with zero attached hydrogens (tertiary/aromatic N) is 3. The summed E-state index contributed by atoms with van der Waals surface area (Å²) >= 11 is 2.83. The Balaban J connectivity index is 1.43. The van der Waals surface area contributed by atoms with Crippen LogP contribution in [0, 0.1) is 13.8 Å². The largest absolute Gasteiger partial charge is 0.361 e. The van der Waals surface area contributed by atoms with Gasteiger partial charge < -0.3 is 9.42 Å². The van der Waals surface area contributed by atoms with E-state index >= 15 is 0 Å². The highest BCUT2D eigenvalue weighted by molar-refractivity contribution is 7.16. The van der Waals surface area contributed by atoms with Crippen molar-refractivity contribution in [1.29, 1.82) is 0 Å². The predicted molar refractivity (Wildman–Crippen MR) is 103 cm³/mol. The van der Waals surface area contributed by atoms with E-state index in [0.29, 0.717) is 35.3 Å². The lowest BCUT2D eigenvalue weighted by molar-refractivity contribution is -0.131. The third-order valence-corrected chi connectivity index (χ3v) is 6.43. The third-order valence-electron chi connectivity index (χ3n) is 4.56. The number of thiophene rings is 1. The van der Waals surface area contributed by atoms with Crippen molar-refractivity contribution in [2.24, 2.45) is 0 Å². The number of amides is 2. The molecule has 4 rings (SSSR count). The Hall–Kier alpha value is -2.52. The molecule has 7 nitrogen and oxygen atoms in total. The number of rotatable bonds is 4. The fourth-order valence-corrected chi connectivity index (χ4v) is 4.68. The summed E-state index contributed by atoms with van der Waals surface area (Å²) in [4.78, 5) is 32.9. The topological polar surface area (TPSA) is 88.3 Å². The zero-order chi connectivity index (χ0) is 19.0. The van der Waals surface area contributed by atoms with Gasteiger partial charge in [-0.2, -0.15) is 0 Å². The Morgan fingerprint density at radius 3 is 2.93 bits per heavy atom. The number of aromatic nitrogens is 2. The minimum absolute atomic E-state index is 0.0487. The number of aryl methyl sites for hydroxylation is 2. The molecule has 0 fully saturated rings. The van der Waals surface area contributed by atoms with Crippen molar-refractivity contribution in [2.75, 3.05) is 11.9 Å². The number of hydrogen-bond acceptors (Lipinski definition) is 7. The van der Waals surface area contributed by atoms with Crippen LogP contribution in [0.3, 0.4) is 0 Å². The summed E-state index contributed by atoms with van der Waals surface area (Å²) in [6, 6.07) is 3.62. The fraction of sp³-hybridized carbons (Fsp3) is 0.333. The molecule has 0 bridgehead atoms. The molecule has 2 amide bonds. The molecule has 3 aromatic rings. The summed E-state index contributed by atoms with van der Waals surface area (Å²) < 4.78 is 5.14. The number of thiazole rings is 1. The van der Waals surface area contributed by atoms with Gasteiger partial charge in [-0.15, -0.1) is 11.3 Å². The summed E-state index contributed by atoms with van der Waals surface area (Å²) in [7, 11) is 0. The predicted octanol–water partition coefficient (Wildman–Crippen LogP) is 3.19. The van der Waals surface area contributed by atoms with Gasteiger partial charge in [0.25, 0.3) is 5.91 Å².